The first-order valence-corrected chi connectivity index (χ1v) is 4.54. The van der Waals surface area contributed by atoms with Crippen molar-refractivity contribution in [3.63, 3.8) is 0 Å². The number of hydrogen-bond acceptors (Lipinski definition) is 4. The number of nitrogens with zero attached hydrogens (tertiary/aromatic N) is 2. The lowest BCUT2D eigenvalue weighted by atomic mass is 10.2. The molecule has 0 aliphatic carbocycles. The van der Waals surface area contributed by atoms with Gasteiger partial charge in [0.25, 0.3) is 0 Å². The van der Waals surface area contributed by atoms with E-state index in [-0.39, 0.29) is 0 Å². The highest BCUT2D eigenvalue weighted by Crippen LogP contribution is 2.12. The van der Waals surface area contributed by atoms with Crippen LogP contribution >= 0.6 is 0 Å². The molecular weight excluding hydrogens is 178 g/mol. The number of nitrogens with one attached hydrogen (secondary N) is 1. The summed E-state index contributed by atoms with van der Waals surface area (Å²) in [5.74, 6) is 0.870. The molecule has 76 valence electrons. The molecule has 0 saturated heterocycles. The summed E-state index contributed by atoms with van der Waals surface area (Å²) >= 11 is 0. The molecule has 0 aliphatic heterocycles. The summed E-state index contributed by atoms with van der Waals surface area (Å²) in [5, 5.41) is 14.5. The normalized spacial score (nSPS) is 11.1. The van der Waals surface area contributed by atoms with Crippen LogP contribution in [-0.2, 0) is 0 Å². The zero-order chi connectivity index (χ0) is 10.6. The van der Waals surface area contributed by atoms with Crippen LogP contribution in [0, 0.1) is 6.92 Å². The van der Waals surface area contributed by atoms with E-state index in [0.29, 0.717) is 6.04 Å². The van der Waals surface area contributed by atoms with Gasteiger partial charge in [0.2, 0.25) is 0 Å². The van der Waals surface area contributed by atoms with Crippen LogP contribution in [0.2, 0.25) is 0 Å². The molecule has 0 aromatic carbocycles. The summed E-state index contributed by atoms with van der Waals surface area (Å²) in [5.41, 5.74) is 1.83. The molecule has 4 nitrogen and oxygen atoms in total. The Kier molecular flexibility index (Phi) is 3.45. The van der Waals surface area contributed by atoms with Crippen LogP contribution in [-0.4, -0.2) is 22.4 Å². The number of anilines is 1. The van der Waals surface area contributed by atoms with Crippen molar-refractivity contribution in [2.24, 2.45) is 5.16 Å². The second kappa shape index (κ2) is 4.60. The number of oxime groups is 1. The van der Waals surface area contributed by atoms with Gasteiger partial charge in [-0.3, -0.25) is 0 Å². The first kappa shape index (κ1) is 10.5. The number of pyridine rings is 1. The van der Waals surface area contributed by atoms with Crippen molar-refractivity contribution < 1.29 is 5.21 Å². The molecule has 0 radical (unpaired) electrons. The Morgan fingerprint density at radius 1 is 1.57 bits per heavy atom. The molecule has 2 N–H and O–H groups in total. The number of aromatic nitrogens is 1. The zero-order valence-corrected chi connectivity index (χ0v) is 8.65. The molecule has 14 heavy (non-hydrogen) atoms. The molecule has 1 rings (SSSR count). The van der Waals surface area contributed by atoms with Gasteiger partial charge in [-0.25, -0.2) is 4.98 Å². The van der Waals surface area contributed by atoms with Gasteiger partial charge < -0.3 is 10.5 Å². The maximum absolute atomic E-state index is 8.35. The fourth-order valence-corrected chi connectivity index (χ4v) is 1.16. The predicted molar refractivity (Wildman–Crippen MR) is 57.1 cm³/mol. The van der Waals surface area contributed by atoms with E-state index in [1.165, 1.54) is 6.21 Å². The van der Waals surface area contributed by atoms with Crippen LogP contribution in [0.15, 0.2) is 17.4 Å². The van der Waals surface area contributed by atoms with E-state index >= 15 is 0 Å². The lowest BCUT2D eigenvalue weighted by molar-refractivity contribution is 0.322. The highest BCUT2D eigenvalue weighted by Gasteiger charge is 2.01. The van der Waals surface area contributed by atoms with Crippen molar-refractivity contribution >= 4 is 12.0 Å². The van der Waals surface area contributed by atoms with Gasteiger partial charge in [-0.1, -0.05) is 5.16 Å². The molecule has 0 bridgehead atoms. The summed E-state index contributed by atoms with van der Waals surface area (Å²) in [6, 6.07) is 2.27. The third-order valence-corrected chi connectivity index (χ3v) is 1.73. The van der Waals surface area contributed by atoms with Gasteiger partial charge in [0.1, 0.15) is 5.82 Å². The van der Waals surface area contributed by atoms with Gasteiger partial charge in [-0.15, -0.1) is 0 Å². The Labute approximate surface area is 83.7 Å². The molecule has 0 amide bonds. The molecule has 0 atom stereocenters. The highest BCUT2D eigenvalue weighted by molar-refractivity contribution is 5.79. The van der Waals surface area contributed by atoms with Crippen molar-refractivity contribution in [2.45, 2.75) is 26.8 Å². The quantitative estimate of drug-likeness (QED) is 0.438. The molecule has 4 heteroatoms. The summed E-state index contributed by atoms with van der Waals surface area (Å²) in [7, 11) is 0. The highest BCUT2D eigenvalue weighted by atomic mass is 16.4. The van der Waals surface area contributed by atoms with Crippen molar-refractivity contribution in [1.29, 1.82) is 0 Å². The topological polar surface area (TPSA) is 57.5 Å². The standard InChI is InChI=1S/C10H15N3O/c1-7(2)13-10-8(3)4-9(5-11-10)6-12-14/h4-7,14H,1-3H3,(H,11,13)/b12-6+. The lowest BCUT2D eigenvalue weighted by Gasteiger charge is -2.11. The number of aryl methyl sites for hydroxylation is 1. The third kappa shape index (κ3) is 2.73. The molecule has 1 aromatic heterocycles. The smallest absolute Gasteiger partial charge is 0.129 e. The molecule has 1 aromatic rings. The fraction of sp³-hybridized carbons (Fsp3) is 0.400. The second-order valence-electron chi connectivity index (χ2n) is 3.48. The Hall–Kier alpha value is -1.58. The average Bonchev–Trinajstić information content (AvgIpc) is 2.10. The Morgan fingerprint density at radius 3 is 2.79 bits per heavy atom. The summed E-state index contributed by atoms with van der Waals surface area (Å²) in [6.07, 6.45) is 3.02. The van der Waals surface area contributed by atoms with Gasteiger partial charge in [0.15, 0.2) is 0 Å². The molecular formula is C10H15N3O. The lowest BCUT2D eigenvalue weighted by Crippen LogP contribution is -2.12. The van der Waals surface area contributed by atoms with Crippen molar-refractivity contribution in [3.05, 3.63) is 23.4 Å². The largest absolute Gasteiger partial charge is 0.411 e. The minimum atomic E-state index is 0.360. The van der Waals surface area contributed by atoms with Gasteiger partial charge >= 0.3 is 0 Å². The third-order valence-electron chi connectivity index (χ3n) is 1.73. The molecule has 0 aliphatic rings. The fourth-order valence-electron chi connectivity index (χ4n) is 1.16. The maximum Gasteiger partial charge on any atom is 0.129 e. The Balaban J connectivity index is 2.89. The van der Waals surface area contributed by atoms with E-state index < -0.39 is 0 Å². The monoisotopic (exact) mass is 193 g/mol. The molecule has 0 unspecified atom stereocenters. The van der Waals surface area contributed by atoms with Crippen molar-refractivity contribution in [1.82, 2.24) is 4.98 Å². The maximum atomic E-state index is 8.35. The van der Waals surface area contributed by atoms with Crippen LogP contribution in [0.3, 0.4) is 0 Å². The first-order valence-electron chi connectivity index (χ1n) is 4.54. The van der Waals surface area contributed by atoms with E-state index in [4.69, 9.17) is 5.21 Å². The summed E-state index contributed by atoms with van der Waals surface area (Å²) < 4.78 is 0. The van der Waals surface area contributed by atoms with E-state index in [1.807, 2.05) is 13.0 Å². The SMILES string of the molecule is Cc1cc(/C=N/O)cnc1NC(C)C. The van der Waals surface area contributed by atoms with Crippen molar-refractivity contribution in [2.75, 3.05) is 5.32 Å². The minimum Gasteiger partial charge on any atom is -0.411 e. The Morgan fingerprint density at radius 2 is 2.29 bits per heavy atom. The number of rotatable bonds is 3. The van der Waals surface area contributed by atoms with Gasteiger partial charge in [-0.2, -0.15) is 0 Å². The van der Waals surface area contributed by atoms with Crippen LogP contribution in [0.1, 0.15) is 25.0 Å². The minimum absolute atomic E-state index is 0.360. The molecule has 1 heterocycles. The predicted octanol–water partition coefficient (Wildman–Crippen LogP) is 2.02. The molecule has 0 saturated carbocycles. The van der Waals surface area contributed by atoms with Crippen LogP contribution in [0.5, 0.6) is 0 Å². The van der Waals surface area contributed by atoms with E-state index in [2.05, 4.69) is 29.3 Å². The second-order valence-corrected chi connectivity index (χ2v) is 3.48. The van der Waals surface area contributed by atoms with Gasteiger partial charge in [-0.05, 0) is 32.4 Å². The Bertz CT molecular complexity index is 334. The van der Waals surface area contributed by atoms with E-state index in [0.717, 1.165) is 16.9 Å². The zero-order valence-electron chi connectivity index (χ0n) is 8.65. The average molecular weight is 193 g/mol. The number of hydrogen-bond donors (Lipinski definition) is 2. The molecule has 0 spiro atoms. The van der Waals surface area contributed by atoms with Crippen LogP contribution in [0.4, 0.5) is 5.82 Å². The molecule has 0 fully saturated rings. The van der Waals surface area contributed by atoms with Gasteiger partial charge in [0.05, 0.1) is 6.21 Å². The van der Waals surface area contributed by atoms with E-state index in [1.54, 1.807) is 6.20 Å². The summed E-state index contributed by atoms with van der Waals surface area (Å²) in [6.45, 7) is 6.08. The van der Waals surface area contributed by atoms with Gasteiger partial charge in [0, 0.05) is 17.8 Å². The van der Waals surface area contributed by atoms with Crippen molar-refractivity contribution in [3.8, 4) is 0 Å². The first-order chi connectivity index (χ1) is 6.63. The van der Waals surface area contributed by atoms with Crippen LogP contribution in [0.25, 0.3) is 0 Å². The van der Waals surface area contributed by atoms with E-state index in [9.17, 15) is 0 Å². The van der Waals surface area contributed by atoms with Crippen LogP contribution < -0.4 is 5.32 Å². The summed E-state index contributed by atoms with van der Waals surface area (Å²) in [4.78, 5) is 4.22.